The number of hydrogen-bond donors (Lipinski definition) is 2. The minimum atomic E-state index is -1.53. The molecule has 2 N–H and O–H groups in total. The number of carbonyl (C=O) groups excluding carboxylic acids is 2. The second-order valence-electron chi connectivity index (χ2n) is 8.35. The molecule has 1 saturated carbocycles. The van der Waals surface area contributed by atoms with Crippen molar-refractivity contribution in [1.82, 2.24) is 0 Å². The third-order valence-electron chi connectivity index (χ3n) is 6.96. The predicted molar refractivity (Wildman–Crippen MR) is 103 cm³/mol. The molecule has 1 saturated heterocycles. The van der Waals surface area contributed by atoms with Crippen LogP contribution in [0.3, 0.4) is 0 Å². The molecule has 6 atom stereocenters. The molecule has 2 aliphatic carbocycles. The molecule has 2 fully saturated rings. The monoisotopic (exact) mass is 402 g/mol. The highest BCUT2D eigenvalue weighted by Crippen LogP contribution is 2.59. The smallest absolute Gasteiger partial charge is 0.334 e. The van der Waals surface area contributed by atoms with Gasteiger partial charge in [-0.2, -0.15) is 0 Å². The van der Waals surface area contributed by atoms with Crippen molar-refractivity contribution in [3.8, 4) is 0 Å². The van der Waals surface area contributed by atoms with Gasteiger partial charge in [0.2, 0.25) is 0 Å². The molecular weight excluding hydrogens is 380 g/mol. The molecule has 0 amide bonds. The molecule has 5 nitrogen and oxygen atoms in total. The largest absolute Gasteiger partial charge is 0.457 e. The third kappa shape index (κ3) is 2.39. The maximum atomic E-state index is 13.6. The number of Topliss-reactive ketones (excluding diaryl/α,β-unsaturated/α-hetero) is 1. The number of ketones is 1. The first-order chi connectivity index (χ1) is 13.1. The number of halogens is 1. The van der Waals surface area contributed by atoms with Crippen LogP contribution < -0.4 is 0 Å². The normalized spacial score (nSPS) is 38.4. The molecule has 0 bridgehead atoms. The van der Waals surface area contributed by atoms with Crippen LogP contribution in [-0.4, -0.2) is 33.7 Å². The number of aliphatic hydroxyl groups is 2. The van der Waals surface area contributed by atoms with Gasteiger partial charge in [-0.3, -0.25) is 4.79 Å². The fourth-order valence-electron chi connectivity index (χ4n) is 5.08. The maximum absolute atomic E-state index is 13.6. The second-order valence-corrected chi connectivity index (χ2v) is 8.78. The van der Waals surface area contributed by atoms with E-state index in [2.05, 4.69) is 6.58 Å². The molecule has 28 heavy (non-hydrogen) atoms. The van der Waals surface area contributed by atoms with Crippen molar-refractivity contribution in [3.05, 3.63) is 58.7 Å². The summed E-state index contributed by atoms with van der Waals surface area (Å²) in [4.78, 5) is 25.7. The van der Waals surface area contributed by atoms with Crippen molar-refractivity contribution in [1.29, 1.82) is 0 Å². The zero-order valence-corrected chi connectivity index (χ0v) is 16.6. The average molecular weight is 403 g/mol. The number of carbonyl (C=O) groups is 2. The highest BCUT2D eigenvalue weighted by molar-refractivity contribution is 6.30. The molecule has 0 aromatic heterocycles. The summed E-state index contributed by atoms with van der Waals surface area (Å²) in [6, 6.07) is 6.56. The Morgan fingerprint density at radius 3 is 2.54 bits per heavy atom. The first-order valence-corrected chi connectivity index (χ1v) is 9.82. The van der Waals surface area contributed by atoms with E-state index in [4.69, 9.17) is 16.3 Å². The standard InChI is InChI=1S/C22H23ClO5/c1-11-4-9-15-12(2)20(26)28-19(15)21(3)18(25)16(10-22(11,21)27)17(24)13-5-7-14(23)8-6-13/h5-8,10-11,15,17,19,24,27H,2,4,9H2,1,3H3/t11-,15-,17?,19+,21-,22+/m0/s1. The Balaban J connectivity index is 1.81. The van der Waals surface area contributed by atoms with Gasteiger partial charge < -0.3 is 14.9 Å². The molecule has 148 valence electrons. The van der Waals surface area contributed by atoms with E-state index < -0.39 is 35.0 Å². The van der Waals surface area contributed by atoms with Crippen LogP contribution in [0, 0.1) is 17.3 Å². The molecule has 3 aliphatic rings. The molecule has 4 rings (SSSR count). The van der Waals surface area contributed by atoms with Crippen LogP contribution in [-0.2, 0) is 14.3 Å². The lowest BCUT2D eigenvalue weighted by Gasteiger charge is -2.43. The van der Waals surface area contributed by atoms with Crippen LogP contribution in [0.25, 0.3) is 0 Å². The first-order valence-electron chi connectivity index (χ1n) is 9.44. The van der Waals surface area contributed by atoms with Gasteiger partial charge in [0.15, 0.2) is 5.78 Å². The molecule has 1 aromatic rings. The summed E-state index contributed by atoms with van der Waals surface area (Å²) in [5, 5.41) is 23.1. The Kier molecular flexibility index (Phi) is 4.34. The number of rotatable bonds is 2. The third-order valence-corrected chi connectivity index (χ3v) is 7.21. The van der Waals surface area contributed by atoms with Crippen molar-refractivity contribution in [2.75, 3.05) is 0 Å². The van der Waals surface area contributed by atoms with E-state index in [1.807, 2.05) is 6.92 Å². The number of fused-ring (bicyclic) bond motifs is 3. The molecule has 1 heterocycles. The van der Waals surface area contributed by atoms with E-state index in [0.717, 1.165) is 0 Å². The SMILES string of the molecule is C=C1C(=O)O[C@@H]2[C@H]1CC[C@H](C)[C@]1(O)C=C(C(O)c3ccc(Cl)cc3)C(=O)[C@@]21C. The highest BCUT2D eigenvalue weighted by Gasteiger charge is 2.68. The van der Waals surface area contributed by atoms with Gasteiger partial charge in [0.1, 0.15) is 23.2 Å². The molecule has 0 spiro atoms. The Morgan fingerprint density at radius 1 is 1.25 bits per heavy atom. The minimum Gasteiger partial charge on any atom is -0.457 e. The van der Waals surface area contributed by atoms with Crippen LogP contribution in [0.15, 0.2) is 48.1 Å². The second kappa shape index (κ2) is 6.28. The molecular formula is C22H23ClO5. The predicted octanol–water partition coefficient (Wildman–Crippen LogP) is 3.15. The summed E-state index contributed by atoms with van der Waals surface area (Å²) in [7, 11) is 0. The van der Waals surface area contributed by atoms with Gasteiger partial charge in [-0.15, -0.1) is 0 Å². The van der Waals surface area contributed by atoms with Crippen molar-refractivity contribution in [2.24, 2.45) is 17.3 Å². The summed E-state index contributed by atoms with van der Waals surface area (Å²) in [5.41, 5.74) is -1.94. The highest BCUT2D eigenvalue weighted by atomic mass is 35.5. The number of esters is 1. The zero-order chi connectivity index (χ0) is 20.4. The van der Waals surface area contributed by atoms with Crippen molar-refractivity contribution < 1.29 is 24.5 Å². The summed E-state index contributed by atoms with van der Waals surface area (Å²) in [6.07, 6.45) is 0.697. The quantitative estimate of drug-likeness (QED) is 0.586. The Morgan fingerprint density at radius 2 is 1.89 bits per heavy atom. The van der Waals surface area contributed by atoms with E-state index in [1.165, 1.54) is 6.08 Å². The maximum Gasteiger partial charge on any atom is 0.334 e. The average Bonchev–Trinajstić information content (AvgIpc) is 3.04. The van der Waals surface area contributed by atoms with Gasteiger partial charge in [-0.05, 0) is 49.5 Å². The van der Waals surface area contributed by atoms with Crippen molar-refractivity contribution >= 4 is 23.4 Å². The molecule has 6 heteroatoms. The number of hydrogen-bond acceptors (Lipinski definition) is 5. The number of benzene rings is 1. The zero-order valence-electron chi connectivity index (χ0n) is 15.8. The fraction of sp³-hybridized carbons (Fsp3) is 0.455. The molecule has 1 aromatic carbocycles. The fourth-order valence-corrected chi connectivity index (χ4v) is 5.20. The molecule has 0 radical (unpaired) electrons. The Hall–Kier alpha value is -1.95. The van der Waals surface area contributed by atoms with Crippen LogP contribution in [0.1, 0.15) is 38.4 Å². The lowest BCUT2D eigenvalue weighted by Crippen LogP contribution is -2.57. The van der Waals surface area contributed by atoms with Crippen LogP contribution in [0.4, 0.5) is 0 Å². The summed E-state index contributed by atoms with van der Waals surface area (Å²) in [5.74, 6) is -1.50. The topological polar surface area (TPSA) is 83.8 Å². The van der Waals surface area contributed by atoms with Crippen molar-refractivity contribution in [2.45, 2.75) is 44.5 Å². The number of ether oxygens (including phenoxy) is 1. The van der Waals surface area contributed by atoms with Crippen LogP contribution in [0.2, 0.25) is 5.02 Å². The summed E-state index contributed by atoms with van der Waals surface area (Å²) >= 11 is 5.91. The summed E-state index contributed by atoms with van der Waals surface area (Å²) < 4.78 is 5.56. The van der Waals surface area contributed by atoms with Crippen LogP contribution >= 0.6 is 11.6 Å². The van der Waals surface area contributed by atoms with E-state index in [0.29, 0.717) is 29.0 Å². The van der Waals surface area contributed by atoms with E-state index >= 15 is 0 Å². The van der Waals surface area contributed by atoms with Gasteiger partial charge in [0, 0.05) is 22.1 Å². The minimum absolute atomic E-state index is 0.119. The van der Waals surface area contributed by atoms with Crippen LogP contribution in [0.5, 0.6) is 0 Å². The number of aliphatic hydroxyl groups excluding tert-OH is 1. The van der Waals surface area contributed by atoms with E-state index in [1.54, 1.807) is 31.2 Å². The van der Waals surface area contributed by atoms with Gasteiger partial charge >= 0.3 is 5.97 Å². The molecule has 1 unspecified atom stereocenters. The Bertz CT molecular complexity index is 904. The van der Waals surface area contributed by atoms with Crippen molar-refractivity contribution in [3.63, 3.8) is 0 Å². The van der Waals surface area contributed by atoms with Gasteiger partial charge in [0.05, 0.1) is 0 Å². The first kappa shape index (κ1) is 19.4. The Labute approximate surface area is 168 Å². The van der Waals surface area contributed by atoms with E-state index in [-0.39, 0.29) is 17.4 Å². The van der Waals surface area contributed by atoms with Gasteiger partial charge in [0.25, 0.3) is 0 Å². The molecule has 1 aliphatic heterocycles. The van der Waals surface area contributed by atoms with E-state index in [9.17, 15) is 19.8 Å². The summed E-state index contributed by atoms with van der Waals surface area (Å²) in [6.45, 7) is 7.36. The lowest BCUT2D eigenvalue weighted by atomic mass is 9.64. The van der Waals surface area contributed by atoms with Gasteiger partial charge in [-0.25, -0.2) is 4.79 Å². The lowest BCUT2D eigenvalue weighted by molar-refractivity contribution is -0.166. The van der Waals surface area contributed by atoms with Gasteiger partial charge in [-0.1, -0.05) is 37.2 Å².